The SMILES string of the molecule is C=C[CH2][Pd][Cl].CC(C)(C)CP(C(C)(C)C)C(C)(C)C. The van der Waals surface area contributed by atoms with Gasteiger partial charge in [-0.15, -0.1) is 0 Å². The monoisotopic (exact) mass is 398 g/mol. The normalized spacial score (nSPS) is 13.2. The third kappa shape index (κ3) is 13.8. The first kappa shape index (κ1) is 22.4. The Balaban J connectivity index is 0. The van der Waals surface area contributed by atoms with Crippen LogP contribution >= 0.6 is 17.5 Å². The van der Waals surface area contributed by atoms with E-state index in [4.69, 9.17) is 9.53 Å². The van der Waals surface area contributed by atoms with E-state index in [0.717, 1.165) is 4.89 Å². The summed E-state index contributed by atoms with van der Waals surface area (Å²) in [6, 6.07) is 0. The first-order valence-electron chi connectivity index (χ1n) is 6.78. The van der Waals surface area contributed by atoms with Gasteiger partial charge in [0.2, 0.25) is 0 Å². The number of halogens is 1. The molecule has 0 rings (SSSR count). The Morgan fingerprint density at radius 2 is 1.32 bits per heavy atom. The molecule has 120 valence electrons. The minimum Gasteiger partial charge on any atom is -0.0951 e. The van der Waals surface area contributed by atoms with Crippen molar-refractivity contribution < 1.29 is 17.0 Å². The molecule has 19 heavy (non-hydrogen) atoms. The van der Waals surface area contributed by atoms with Gasteiger partial charge in [0.05, 0.1) is 0 Å². The van der Waals surface area contributed by atoms with Gasteiger partial charge in [-0.3, -0.25) is 0 Å². The molecule has 0 aliphatic rings. The number of hydrogen-bond donors (Lipinski definition) is 0. The zero-order valence-corrected chi connectivity index (χ0v) is 17.5. The Kier molecular flexibility index (Phi) is 10.9. The van der Waals surface area contributed by atoms with Crippen LogP contribution in [0.3, 0.4) is 0 Å². The van der Waals surface area contributed by atoms with Crippen LogP contribution in [0.1, 0.15) is 62.3 Å². The number of allylic oxidation sites excluding steroid dienone is 1. The van der Waals surface area contributed by atoms with E-state index in [1.165, 1.54) is 6.16 Å². The topological polar surface area (TPSA) is 0 Å². The Bertz CT molecular complexity index is 229. The maximum atomic E-state index is 5.28. The molecule has 0 aromatic carbocycles. The van der Waals surface area contributed by atoms with Crippen molar-refractivity contribution in [2.24, 2.45) is 5.41 Å². The number of rotatable bonds is 3. The fraction of sp³-hybridized carbons (Fsp3) is 0.875. The second kappa shape index (κ2) is 9.20. The molecule has 0 aromatic rings. The minimum atomic E-state index is 0.0692. The van der Waals surface area contributed by atoms with E-state index in [1.807, 2.05) is 6.08 Å². The van der Waals surface area contributed by atoms with E-state index in [9.17, 15) is 0 Å². The fourth-order valence-corrected chi connectivity index (χ4v) is 6.48. The predicted molar refractivity (Wildman–Crippen MR) is 91.6 cm³/mol. The third-order valence-corrected chi connectivity index (χ3v) is 8.16. The smallest absolute Gasteiger partial charge is 0.0174 e. The molecule has 0 unspecified atom stereocenters. The summed E-state index contributed by atoms with van der Waals surface area (Å²) in [6.45, 7) is 25.0. The molecular weight excluding hydrogens is 365 g/mol. The van der Waals surface area contributed by atoms with Crippen molar-refractivity contribution in [2.45, 2.75) is 77.5 Å². The fourth-order valence-electron chi connectivity index (χ4n) is 1.99. The maximum absolute atomic E-state index is 5.28. The molecule has 0 N–H and O–H groups in total. The third-order valence-electron chi connectivity index (χ3n) is 2.39. The van der Waals surface area contributed by atoms with Gasteiger partial charge >= 0.3 is 44.0 Å². The molecule has 0 spiro atoms. The van der Waals surface area contributed by atoms with Gasteiger partial charge in [0, 0.05) is 0 Å². The van der Waals surface area contributed by atoms with Crippen molar-refractivity contribution in [1.29, 1.82) is 0 Å². The predicted octanol–water partition coefficient (Wildman–Crippen LogP) is 6.94. The Morgan fingerprint density at radius 3 is 1.37 bits per heavy atom. The molecule has 0 saturated heterocycles. The summed E-state index contributed by atoms with van der Waals surface area (Å²) >= 11 is 0.363. The molecule has 0 atom stereocenters. The summed E-state index contributed by atoms with van der Waals surface area (Å²) in [5.41, 5.74) is 0.465. The first-order valence-corrected chi connectivity index (χ1v) is 11.4. The summed E-state index contributed by atoms with van der Waals surface area (Å²) in [6.07, 6.45) is 3.19. The van der Waals surface area contributed by atoms with Crippen LogP contribution in [0.4, 0.5) is 0 Å². The van der Waals surface area contributed by atoms with Crippen LogP contribution in [0, 0.1) is 5.41 Å². The second-order valence-electron chi connectivity index (χ2n) is 7.99. The van der Waals surface area contributed by atoms with E-state index >= 15 is 0 Å². The molecule has 0 aliphatic carbocycles. The van der Waals surface area contributed by atoms with Crippen molar-refractivity contribution in [2.75, 3.05) is 6.16 Å². The molecule has 0 aromatic heterocycles. The van der Waals surface area contributed by atoms with Crippen LogP contribution in [0.15, 0.2) is 12.7 Å². The van der Waals surface area contributed by atoms with E-state index in [1.54, 1.807) is 0 Å². The van der Waals surface area contributed by atoms with E-state index in [2.05, 4.69) is 68.9 Å². The summed E-state index contributed by atoms with van der Waals surface area (Å²) in [7, 11) is 5.35. The van der Waals surface area contributed by atoms with Gasteiger partial charge in [0.15, 0.2) is 0 Å². The Labute approximate surface area is 136 Å². The molecule has 0 bridgehead atoms. The molecule has 0 aliphatic heterocycles. The van der Waals surface area contributed by atoms with Gasteiger partial charge in [-0.2, -0.15) is 0 Å². The maximum Gasteiger partial charge on any atom is -0.0174 e. The standard InChI is InChI=1S/C13H29P.C3H5.ClH.Pd/c1-11(2,3)10-14(12(4,5)6)13(7,8)9;1-3-2;;/h10H2,1-9H3;3H,1-2H2;1H;/q;;;+1/p-1. The molecule has 0 amide bonds. The summed E-state index contributed by atoms with van der Waals surface area (Å²) in [5, 5.41) is 0.946. The largest absolute Gasteiger partial charge is 0.0951 e. The zero-order chi connectivity index (χ0) is 15.9. The summed E-state index contributed by atoms with van der Waals surface area (Å²) in [4.78, 5) is 0.968. The average Bonchev–Trinajstić information content (AvgIpc) is 2.12. The van der Waals surface area contributed by atoms with Gasteiger partial charge in [0.1, 0.15) is 0 Å². The number of hydrogen-bond acceptors (Lipinski definition) is 0. The molecule has 0 heterocycles. The first-order chi connectivity index (χ1) is 8.25. The van der Waals surface area contributed by atoms with Gasteiger partial charge in [-0.05, 0) is 21.9 Å². The van der Waals surface area contributed by atoms with Crippen molar-refractivity contribution in [3.05, 3.63) is 12.7 Å². The van der Waals surface area contributed by atoms with Crippen molar-refractivity contribution in [1.82, 2.24) is 0 Å². The quantitative estimate of drug-likeness (QED) is 0.274. The Morgan fingerprint density at radius 1 is 0.947 bits per heavy atom. The van der Waals surface area contributed by atoms with Crippen LogP contribution in [0.5, 0.6) is 0 Å². The van der Waals surface area contributed by atoms with Gasteiger partial charge in [-0.1, -0.05) is 70.2 Å². The molecule has 0 saturated carbocycles. The van der Waals surface area contributed by atoms with Crippen LogP contribution < -0.4 is 0 Å². The van der Waals surface area contributed by atoms with E-state index < -0.39 is 0 Å². The molecule has 0 fully saturated rings. The second-order valence-corrected chi connectivity index (χ2v) is 13.9. The average molecular weight is 399 g/mol. The van der Waals surface area contributed by atoms with E-state index in [0.29, 0.717) is 32.7 Å². The van der Waals surface area contributed by atoms with Crippen LogP contribution in [0.2, 0.25) is 4.89 Å². The molecule has 0 radical (unpaired) electrons. The summed E-state index contributed by atoms with van der Waals surface area (Å²) in [5.74, 6) is 0. The van der Waals surface area contributed by atoms with Crippen LogP contribution in [-0.4, -0.2) is 16.5 Å². The zero-order valence-electron chi connectivity index (χ0n) is 14.3. The van der Waals surface area contributed by atoms with Crippen LogP contribution in [0.25, 0.3) is 0 Å². The van der Waals surface area contributed by atoms with Crippen molar-refractivity contribution in [3.63, 3.8) is 0 Å². The van der Waals surface area contributed by atoms with Gasteiger partial charge in [-0.25, -0.2) is 0 Å². The van der Waals surface area contributed by atoms with Gasteiger partial charge in [0.25, 0.3) is 0 Å². The molecule has 3 heteroatoms. The molecular formula is C16H34ClPPd. The Hall–Kier alpha value is 1.12. The minimum absolute atomic E-state index is 0.0692. The van der Waals surface area contributed by atoms with Crippen molar-refractivity contribution >= 4 is 17.5 Å². The van der Waals surface area contributed by atoms with Gasteiger partial charge < -0.3 is 0 Å². The van der Waals surface area contributed by atoms with E-state index in [-0.39, 0.29) is 7.92 Å². The van der Waals surface area contributed by atoms with Crippen molar-refractivity contribution in [3.8, 4) is 0 Å². The molecule has 0 nitrogen and oxygen atoms in total. The van der Waals surface area contributed by atoms with Crippen LogP contribution in [-0.2, 0) is 17.0 Å². The summed E-state index contributed by atoms with van der Waals surface area (Å²) < 4.78 is 0.